The number of amides is 1. The van der Waals surface area contributed by atoms with Gasteiger partial charge < -0.3 is 14.3 Å². The van der Waals surface area contributed by atoms with Crippen molar-refractivity contribution in [1.29, 1.82) is 0 Å². The third kappa shape index (κ3) is 2.25. The molecule has 3 rings (SSSR count). The summed E-state index contributed by atoms with van der Waals surface area (Å²) >= 11 is 0. The number of carbonyl (C=O) groups is 1. The van der Waals surface area contributed by atoms with Gasteiger partial charge in [0.1, 0.15) is 0 Å². The monoisotopic (exact) mass is 248 g/mol. The van der Waals surface area contributed by atoms with E-state index in [9.17, 15) is 4.79 Å². The van der Waals surface area contributed by atoms with E-state index < -0.39 is 0 Å². The second kappa shape index (κ2) is 4.61. The highest BCUT2D eigenvalue weighted by Crippen LogP contribution is 2.16. The molecule has 1 N–H and O–H groups in total. The number of furan rings is 1. The first-order chi connectivity index (χ1) is 8.81. The van der Waals surface area contributed by atoms with Crippen molar-refractivity contribution in [2.24, 2.45) is 0 Å². The molecule has 7 nitrogen and oxygen atoms in total. The molecular formula is C11H12N4O3. The fourth-order valence-electron chi connectivity index (χ4n) is 1.84. The Kier molecular flexibility index (Phi) is 2.81. The van der Waals surface area contributed by atoms with Crippen LogP contribution in [0.25, 0.3) is 11.6 Å². The van der Waals surface area contributed by atoms with Crippen molar-refractivity contribution in [3.8, 4) is 11.6 Å². The average Bonchev–Trinajstić information content (AvgIpc) is 2.98. The van der Waals surface area contributed by atoms with Crippen LogP contribution in [0.15, 0.2) is 27.3 Å². The van der Waals surface area contributed by atoms with Crippen molar-refractivity contribution in [3.63, 3.8) is 0 Å². The predicted molar refractivity (Wildman–Crippen MR) is 60.3 cm³/mol. The molecule has 0 unspecified atom stereocenters. The molecule has 2 aromatic rings. The highest BCUT2D eigenvalue weighted by atomic mass is 16.5. The van der Waals surface area contributed by atoms with Crippen LogP contribution in [-0.2, 0) is 11.3 Å². The van der Waals surface area contributed by atoms with Crippen LogP contribution in [0.3, 0.4) is 0 Å². The molecule has 94 valence electrons. The van der Waals surface area contributed by atoms with Gasteiger partial charge in [-0.1, -0.05) is 5.16 Å². The van der Waals surface area contributed by atoms with E-state index in [0.29, 0.717) is 37.1 Å². The summed E-state index contributed by atoms with van der Waals surface area (Å²) in [5.41, 5.74) is 0. The van der Waals surface area contributed by atoms with Crippen molar-refractivity contribution in [2.45, 2.75) is 6.54 Å². The minimum absolute atomic E-state index is 0.0204. The van der Waals surface area contributed by atoms with E-state index in [1.54, 1.807) is 18.4 Å². The number of nitrogens with zero attached hydrogens (tertiary/aromatic N) is 3. The number of nitrogens with one attached hydrogen (secondary N) is 1. The van der Waals surface area contributed by atoms with Gasteiger partial charge in [0.25, 0.3) is 0 Å². The molecule has 1 aliphatic heterocycles. The van der Waals surface area contributed by atoms with Crippen molar-refractivity contribution in [2.75, 3.05) is 19.6 Å². The Morgan fingerprint density at radius 2 is 2.44 bits per heavy atom. The zero-order chi connectivity index (χ0) is 12.4. The maximum atomic E-state index is 11.2. The van der Waals surface area contributed by atoms with Crippen LogP contribution in [0.5, 0.6) is 0 Å². The lowest BCUT2D eigenvalue weighted by molar-refractivity contribution is -0.124. The largest absolute Gasteiger partial charge is 0.461 e. The van der Waals surface area contributed by atoms with Crippen molar-refractivity contribution >= 4 is 5.91 Å². The summed E-state index contributed by atoms with van der Waals surface area (Å²) in [5, 5.41) is 6.60. The van der Waals surface area contributed by atoms with Crippen LogP contribution >= 0.6 is 0 Å². The number of hydrogen-bond donors (Lipinski definition) is 1. The minimum atomic E-state index is 0.0204. The molecule has 1 saturated heterocycles. The second-order valence-corrected chi connectivity index (χ2v) is 4.05. The van der Waals surface area contributed by atoms with E-state index in [-0.39, 0.29) is 5.91 Å². The molecule has 0 atom stereocenters. The summed E-state index contributed by atoms with van der Waals surface area (Å²) in [5.74, 6) is 1.50. The average molecular weight is 248 g/mol. The zero-order valence-corrected chi connectivity index (χ0v) is 9.63. The van der Waals surface area contributed by atoms with E-state index in [1.807, 2.05) is 4.90 Å². The molecule has 2 aromatic heterocycles. The maximum Gasteiger partial charge on any atom is 0.241 e. The Balaban J connectivity index is 1.68. The molecule has 0 bridgehead atoms. The number of rotatable bonds is 3. The first kappa shape index (κ1) is 11.0. The third-order valence-electron chi connectivity index (χ3n) is 2.69. The molecule has 0 aromatic carbocycles. The topological polar surface area (TPSA) is 84.4 Å². The number of carbonyl (C=O) groups excluding carboxylic acids is 1. The molecule has 0 aliphatic carbocycles. The number of aromatic nitrogens is 2. The normalized spacial score (nSPS) is 16.8. The Morgan fingerprint density at radius 1 is 1.50 bits per heavy atom. The molecule has 1 aliphatic rings. The first-order valence-corrected chi connectivity index (χ1v) is 5.67. The predicted octanol–water partition coefficient (Wildman–Crippen LogP) is 0.261. The van der Waals surface area contributed by atoms with Gasteiger partial charge in [0.15, 0.2) is 5.76 Å². The second-order valence-electron chi connectivity index (χ2n) is 4.05. The van der Waals surface area contributed by atoms with E-state index in [0.717, 1.165) is 6.54 Å². The van der Waals surface area contributed by atoms with Crippen LogP contribution < -0.4 is 5.32 Å². The molecule has 0 radical (unpaired) electrons. The standard InChI is InChI=1S/C11H12N4O3/c16-9-6-15(4-3-12-9)7-10-13-11(14-18-10)8-2-1-5-17-8/h1-2,5H,3-4,6-7H2,(H,12,16). The molecule has 1 amide bonds. The van der Waals surface area contributed by atoms with Gasteiger partial charge in [-0.15, -0.1) is 0 Å². The lowest BCUT2D eigenvalue weighted by atomic mass is 10.3. The van der Waals surface area contributed by atoms with Gasteiger partial charge in [-0.05, 0) is 12.1 Å². The Hall–Kier alpha value is -2.15. The summed E-state index contributed by atoms with van der Waals surface area (Å²) in [4.78, 5) is 17.4. The Morgan fingerprint density at radius 3 is 3.22 bits per heavy atom. The first-order valence-electron chi connectivity index (χ1n) is 5.67. The zero-order valence-electron chi connectivity index (χ0n) is 9.63. The van der Waals surface area contributed by atoms with Crippen LogP contribution in [0.2, 0.25) is 0 Å². The van der Waals surface area contributed by atoms with Crippen molar-refractivity contribution < 1.29 is 13.7 Å². The quantitative estimate of drug-likeness (QED) is 0.838. The summed E-state index contributed by atoms with van der Waals surface area (Å²) in [7, 11) is 0. The van der Waals surface area contributed by atoms with Crippen LogP contribution in [0.4, 0.5) is 0 Å². The molecule has 3 heterocycles. The van der Waals surface area contributed by atoms with Crippen LogP contribution in [-0.4, -0.2) is 40.6 Å². The van der Waals surface area contributed by atoms with Gasteiger partial charge in [0.05, 0.1) is 19.4 Å². The van der Waals surface area contributed by atoms with Gasteiger partial charge in [-0.3, -0.25) is 9.69 Å². The Bertz CT molecular complexity index is 534. The number of piperazine rings is 1. The van der Waals surface area contributed by atoms with Crippen LogP contribution in [0.1, 0.15) is 5.89 Å². The van der Waals surface area contributed by atoms with Gasteiger partial charge >= 0.3 is 0 Å². The molecule has 7 heteroatoms. The molecular weight excluding hydrogens is 236 g/mol. The van der Waals surface area contributed by atoms with E-state index >= 15 is 0 Å². The number of hydrogen-bond acceptors (Lipinski definition) is 6. The van der Waals surface area contributed by atoms with Crippen molar-refractivity contribution in [3.05, 3.63) is 24.3 Å². The van der Waals surface area contributed by atoms with Gasteiger partial charge in [0.2, 0.25) is 17.6 Å². The highest BCUT2D eigenvalue weighted by molar-refractivity contribution is 5.78. The third-order valence-corrected chi connectivity index (χ3v) is 2.69. The summed E-state index contributed by atoms with van der Waals surface area (Å²) < 4.78 is 10.3. The SMILES string of the molecule is O=C1CN(Cc2nc(-c3ccco3)no2)CCN1. The summed E-state index contributed by atoms with van der Waals surface area (Å²) in [6.07, 6.45) is 1.56. The summed E-state index contributed by atoms with van der Waals surface area (Å²) in [6, 6.07) is 3.53. The van der Waals surface area contributed by atoms with Crippen molar-refractivity contribution in [1.82, 2.24) is 20.4 Å². The Labute approximate surface area is 103 Å². The molecule has 0 saturated carbocycles. The minimum Gasteiger partial charge on any atom is -0.461 e. The molecule has 0 spiro atoms. The fraction of sp³-hybridized carbons (Fsp3) is 0.364. The fourth-order valence-corrected chi connectivity index (χ4v) is 1.84. The van der Waals surface area contributed by atoms with Crippen LogP contribution in [0, 0.1) is 0 Å². The lowest BCUT2D eigenvalue weighted by Crippen LogP contribution is -2.47. The smallest absolute Gasteiger partial charge is 0.241 e. The molecule has 18 heavy (non-hydrogen) atoms. The lowest BCUT2D eigenvalue weighted by Gasteiger charge is -2.24. The highest BCUT2D eigenvalue weighted by Gasteiger charge is 2.19. The van der Waals surface area contributed by atoms with E-state index in [4.69, 9.17) is 8.94 Å². The van der Waals surface area contributed by atoms with E-state index in [1.165, 1.54) is 0 Å². The maximum absolute atomic E-state index is 11.2. The van der Waals surface area contributed by atoms with E-state index in [2.05, 4.69) is 15.5 Å². The van der Waals surface area contributed by atoms with Gasteiger partial charge in [-0.2, -0.15) is 4.98 Å². The van der Waals surface area contributed by atoms with Gasteiger partial charge in [-0.25, -0.2) is 0 Å². The van der Waals surface area contributed by atoms with Gasteiger partial charge in [0, 0.05) is 13.1 Å². The molecule has 1 fully saturated rings. The summed E-state index contributed by atoms with van der Waals surface area (Å²) in [6.45, 7) is 2.27.